The first-order valence-corrected chi connectivity index (χ1v) is 8.90. The van der Waals surface area contributed by atoms with E-state index >= 15 is 0 Å². The molecule has 110 valence electrons. The molecule has 0 fully saturated rings. The number of hydrogen-bond donors (Lipinski definition) is 0. The van der Waals surface area contributed by atoms with E-state index in [1.54, 1.807) is 19.1 Å². The third kappa shape index (κ3) is 4.64. The first-order chi connectivity index (χ1) is 11.0. The highest BCUT2D eigenvalue weighted by atomic mass is 27.1. The third-order valence-electron chi connectivity index (χ3n) is 3.30. The van der Waals surface area contributed by atoms with Crippen molar-refractivity contribution in [2.75, 3.05) is 2.87 Å². The smallest absolute Gasteiger partial charge is 0.336 e. The summed E-state index contributed by atoms with van der Waals surface area (Å²) in [6, 6.07) is 12.1. The monoisotopic (exact) mass is 331 g/mol. The van der Waals surface area contributed by atoms with Crippen molar-refractivity contribution in [3.63, 3.8) is 0 Å². The van der Waals surface area contributed by atoms with Gasteiger partial charge in [0.25, 0.3) is 0 Å². The number of benzene rings is 1. The summed E-state index contributed by atoms with van der Waals surface area (Å²) in [6.07, 6.45) is 7.20. The molecule has 0 bridgehead atoms. The van der Waals surface area contributed by atoms with Crippen LogP contribution in [0.4, 0.5) is 5.69 Å². The Morgan fingerprint density at radius 1 is 1.09 bits per heavy atom. The maximum Gasteiger partial charge on any atom is 0.336 e. The van der Waals surface area contributed by atoms with Crippen LogP contribution in [0.25, 0.3) is 6.08 Å². The van der Waals surface area contributed by atoms with Crippen molar-refractivity contribution in [2.45, 2.75) is 6.92 Å². The molecule has 23 heavy (non-hydrogen) atoms. The normalized spacial score (nSPS) is 13.4. The number of hydrogen-bond acceptors (Lipinski definition) is 4. The second-order valence-corrected chi connectivity index (χ2v) is 9.75. The van der Waals surface area contributed by atoms with Gasteiger partial charge >= 0.3 is 33.0 Å². The molecule has 0 radical (unpaired) electrons. The first-order valence-electron chi connectivity index (χ1n) is 7.11. The Labute approximate surface area is 152 Å². The number of allylic oxidation sites excluding steroid dienone is 6. The van der Waals surface area contributed by atoms with Gasteiger partial charge in [0.15, 0.2) is 0 Å². The van der Waals surface area contributed by atoms with Gasteiger partial charge in [-0.05, 0) is 48.5 Å². The molecule has 0 saturated carbocycles. The topological polar surface area (TPSA) is 60.0 Å². The van der Waals surface area contributed by atoms with Crippen molar-refractivity contribution in [1.29, 1.82) is 10.5 Å². The van der Waals surface area contributed by atoms with Crippen LogP contribution in [-0.2, 0) is 4.74 Å². The molecule has 0 atom stereocenters. The summed E-state index contributed by atoms with van der Waals surface area (Å²) in [5, 5.41) is 18.0. The molecule has 1 aromatic carbocycles. The molecule has 1 heterocycles. The van der Waals surface area contributed by atoms with Crippen LogP contribution in [0.5, 0.6) is 0 Å². The van der Waals surface area contributed by atoms with Crippen molar-refractivity contribution in [3.05, 3.63) is 70.7 Å². The lowest BCUT2D eigenvalue weighted by atomic mass is 10.1. The van der Waals surface area contributed by atoms with E-state index in [1.807, 2.05) is 24.3 Å². The lowest BCUT2D eigenvalue weighted by Gasteiger charge is -2.15. The molecule has 6 heteroatoms. The third-order valence-corrected chi connectivity index (χ3v) is 4.33. The van der Waals surface area contributed by atoms with E-state index in [0.717, 1.165) is 38.6 Å². The Morgan fingerprint density at radius 3 is 2.30 bits per heavy atom. The van der Waals surface area contributed by atoms with Crippen molar-refractivity contribution < 1.29 is 4.74 Å². The molecule has 0 amide bonds. The van der Waals surface area contributed by atoms with Crippen LogP contribution >= 0.6 is 0 Å². The molecule has 1 aliphatic rings. The van der Waals surface area contributed by atoms with Gasteiger partial charge in [-0.15, -0.1) is 0 Å². The average molecular weight is 331 g/mol. The van der Waals surface area contributed by atoms with Crippen molar-refractivity contribution in [2.24, 2.45) is 0 Å². The minimum Gasteiger partial charge on any atom is -0.570 e. The summed E-state index contributed by atoms with van der Waals surface area (Å²) in [4.78, 5) is 0. The molecule has 1 aromatic rings. The minimum absolute atomic E-state index is 0.0854. The summed E-state index contributed by atoms with van der Waals surface area (Å²) >= 11 is 2.08. The van der Waals surface area contributed by atoms with Gasteiger partial charge in [0.2, 0.25) is 0 Å². The standard InChI is InChI=1S/C17H11N3O.2Al.4H/c1-12-8-14(15(10-18)11-19)9-17(21-12)7-4-13-2-5-16(20)6-3-13;;;;;;/h2-9H,1H3;;;;;;/b7-4+;;;;;;. The Kier molecular flexibility index (Phi) is 5.90. The van der Waals surface area contributed by atoms with E-state index in [1.165, 1.54) is 5.69 Å². The number of anilines is 1. The highest BCUT2D eigenvalue weighted by Gasteiger charge is 2.10. The van der Waals surface area contributed by atoms with Crippen molar-refractivity contribution in [3.8, 4) is 12.1 Å². The van der Waals surface area contributed by atoms with Crippen LogP contribution in [0.3, 0.4) is 0 Å². The zero-order chi connectivity index (χ0) is 16.8. The quantitative estimate of drug-likeness (QED) is 0.626. The van der Waals surface area contributed by atoms with Crippen LogP contribution in [0.15, 0.2) is 65.2 Å². The van der Waals surface area contributed by atoms with E-state index in [-0.39, 0.29) is 5.57 Å². The van der Waals surface area contributed by atoms with Crippen LogP contribution in [0.2, 0.25) is 0 Å². The molecule has 0 aliphatic carbocycles. The lowest BCUT2D eigenvalue weighted by molar-refractivity contribution is 0.318. The molecular formula is C17H15Al2N3O. The van der Waals surface area contributed by atoms with Crippen molar-refractivity contribution >= 4 is 44.8 Å². The second-order valence-electron chi connectivity index (χ2n) is 5.28. The van der Waals surface area contributed by atoms with Gasteiger partial charge in [-0.1, -0.05) is 18.2 Å². The summed E-state index contributed by atoms with van der Waals surface area (Å²) in [5.74, 6) is 1.27. The molecule has 2 rings (SSSR count). The highest BCUT2D eigenvalue weighted by molar-refractivity contribution is 6.41. The van der Waals surface area contributed by atoms with Gasteiger partial charge in [0, 0.05) is 5.57 Å². The van der Waals surface area contributed by atoms with Crippen LogP contribution < -0.4 is 2.87 Å². The zero-order valence-electron chi connectivity index (χ0n) is 13.4. The number of nitrogens with zero attached hydrogens (tertiary/aromatic N) is 3. The predicted molar refractivity (Wildman–Crippen MR) is 96.2 cm³/mol. The summed E-state index contributed by atoms with van der Waals surface area (Å²) in [7, 11) is 0. The zero-order valence-corrected chi connectivity index (χ0v) is 17.4. The molecule has 0 aromatic heterocycles. The molecule has 4 nitrogen and oxygen atoms in total. The summed E-state index contributed by atoms with van der Waals surface area (Å²) in [5.41, 5.74) is 2.99. The van der Waals surface area contributed by atoms with Gasteiger partial charge in [-0.3, -0.25) is 0 Å². The van der Waals surface area contributed by atoms with E-state index < -0.39 is 0 Å². The van der Waals surface area contributed by atoms with Gasteiger partial charge in [-0.2, -0.15) is 10.5 Å². The van der Waals surface area contributed by atoms with Gasteiger partial charge < -0.3 is 7.60 Å². The lowest BCUT2D eigenvalue weighted by Crippen LogP contribution is -2.13. The Bertz CT molecular complexity index is 788. The fraction of sp³-hybridized carbons (Fsp3) is 0.0588. The van der Waals surface area contributed by atoms with Gasteiger partial charge in [0.05, 0.1) is 0 Å². The minimum atomic E-state index is 0.0854. The van der Waals surface area contributed by atoms with Gasteiger partial charge in [0.1, 0.15) is 29.2 Å². The van der Waals surface area contributed by atoms with Crippen LogP contribution in [0.1, 0.15) is 12.5 Å². The predicted octanol–water partition coefficient (Wildman–Crippen LogP) is 1.76. The van der Waals surface area contributed by atoms with Gasteiger partial charge in [-0.25, -0.2) is 0 Å². The van der Waals surface area contributed by atoms with E-state index in [2.05, 4.69) is 27.1 Å². The Morgan fingerprint density at radius 2 is 1.74 bits per heavy atom. The van der Waals surface area contributed by atoms with Crippen LogP contribution in [-0.4, -0.2) is 33.0 Å². The maximum absolute atomic E-state index is 8.98. The molecule has 0 unspecified atom stereocenters. The fourth-order valence-electron chi connectivity index (χ4n) is 2.10. The van der Waals surface area contributed by atoms with E-state index in [0.29, 0.717) is 17.1 Å². The number of nitriles is 2. The highest BCUT2D eigenvalue weighted by Crippen LogP contribution is 2.23. The summed E-state index contributed by atoms with van der Waals surface area (Å²) in [6.45, 7) is 1.80. The molecular weight excluding hydrogens is 316 g/mol. The van der Waals surface area contributed by atoms with Crippen molar-refractivity contribution in [1.82, 2.24) is 0 Å². The molecule has 1 aliphatic heterocycles. The largest absolute Gasteiger partial charge is 0.570 e. The van der Waals surface area contributed by atoms with Crippen LogP contribution in [0, 0.1) is 22.7 Å². The second kappa shape index (κ2) is 7.90. The summed E-state index contributed by atoms with van der Waals surface area (Å²) < 4.78 is 7.94. The average Bonchev–Trinajstić information content (AvgIpc) is 2.54. The number of rotatable bonds is 3. The molecule has 0 spiro atoms. The Hall–Kier alpha value is -2.18. The molecule has 0 N–H and O–H groups in total. The van der Waals surface area contributed by atoms with E-state index in [4.69, 9.17) is 15.3 Å². The first kappa shape index (κ1) is 17.2. The fourth-order valence-corrected chi connectivity index (χ4v) is 2.70. The Balaban J connectivity index is 2.24. The molecule has 0 saturated heterocycles. The van der Waals surface area contributed by atoms with E-state index in [9.17, 15) is 0 Å². The SMILES string of the molecule is CC1=CC(=C(C#N)C#N)C=C(/C=C/c2ccc([N]([AlH2])[AlH2])cc2)O1. The maximum atomic E-state index is 8.98. The number of ether oxygens (including phenoxy) is 1.